The predicted octanol–water partition coefficient (Wildman–Crippen LogP) is 3.65. The lowest BCUT2D eigenvalue weighted by Crippen LogP contribution is -1.96. The normalized spacial score (nSPS) is 11.0. The molecule has 0 spiro atoms. The van der Waals surface area contributed by atoms with Crippen LogP contribution in [0, 0.1) is 6.92 Å². The summed E-state index contributed by atoms with van der Waals surface area (Å²) in [6.45, 7) is 2.00. The van der Waals surface area contributed by atoms with Crippen LogP contribution in [0.1, 0.15) is 5.69 Å². The molecule has 3 nitrogen and oxygen atoms in total. The number of hydrogen-bond acceptors (Lipinski definition) is 2. The molecule has 0 fully saturated rings. The topological polar surface area (TPSA) is 43.3 Å². The Balaban J connectivity index is 2.19. The highest BCUT2D eigenvalue weighted by molar-refractivity contribution is 9.10. The van der Waals surface area contributed by atoms with Crippen molar-refractivity contribution in [3.8, 4) is 11.3 Å². The Morgan fingerprint density at radius 2 is 1.83 bits per heavy atom. The molecule has 0 aliphatic heterocycles. The van der Waals surface area contributed by atoms with E-state index in [1.165, 1.54) is 0 Å². The van der Waals surface area contributed by atoms with Crippen LogP contribution in [0.5, 0.6) is 0 Å². The molecule has 0 saturated heterocycles. The minimum atomic E-state index is 0.780. The van der Waals surface area contributed by atoms with Gasteiger partial charge in [0.15, 0.2) is 0 Å². The first-order valence-corrected chi connectivity index (χ1v) is 6.44. The molecule has 4 heteroatoms. The van der Waals surface area contributed by atoms with E-state index in [2.05, 4.69) is 20.9 Å². The summed E-state index contributed by atoms with van der Waals surface area (Å²) < 4.78 is 3.09. The van der Waals surface area contributed by atoms with Gasteiger partial charge >= 0.3 is 0 Å². The minimum absolute atomic E-state index is 0.780. The molecule has 90 valence electrons. The molecule has 2 N–H and O–H groups in total. The van der Waals surface area contributed by atoms with Crippen LogP contribution in [0.2, 0.25) is 0 Å². The van der Waals surface area contributed by atoms with Crippen molar-refractivity contribution < 1.29 is 0 Å². The Morgan fingerprint density at radius 1 is 1.11 bits per heavy atom. The van der Waals surface area contributed by atoms with E-state index in [-0.39, 0.29) is 0 Å². The number of pyridine rings is 1. The summed E-state index contributed by atoms with van der Waals surface area (Å²) in [4.78, 5) is 4.61. The predicted molar refractivity (Wildman–Crippen MR) is 77.5 cm³/mol. The molecule has 0 saturated carbocycles. The van der Waals surface area contributed by atoms with Gasteiger partial charge in [0.1, 0.15) is 5.65 Å². The number of aryl methyl sites for hydroxylation is 1. The largest absolute Gasteiger partial charge is 0.397 e. The van der Waals surface area contributed by atoms with Gasteiger partial charge < -0.3 is 10.1 Å². The Kier molecular flexibility index (Phi) is 2.59. The van der Waals surface area contributed by atoms with Crippen LogP contribution >= 0.6 is 15.9 Å². The maximum atomic E-state index is 5.90. The van der Waals surface area contributed by atoms with Gasteiger partial charge in [0, 0.05) is 21.9 Å². The summed E-state index contributed by atoms with van der Waals surface area (Å²) >= 11 is 3.43. The fraction of sp³-hybridized carbons (Fsp3) is 0.0714. The number of hydrogen-bond donors (Lipinski definition) is 1. The van der Waals surface area contributed by atoms with E-state index >= 15 is 0 Å². The lowest BCUT2D eigenvalue weighted by Gasteiger charge is -2.01. The van der Waals surface area contributed by atoms with Crippen molar-refractivity contribution >= 4 is 27.3 Å². The second-order valence-corrected chi connectivity index (χ2v) is 5.15. The molecule has 18 heavy (non-hydrogen) atoms. The van der Waals surface area contributed by atoms with E-state index in [0.29, 0.717) is 0 Å². The lowest BCUT2D eigenvalue weighted by atomic mass is 10.2. The van der Waals surface area contributed by atoms with Crippen molar-refractivity contribution in [1.29, 1.82) is 0 Å². The van der Waals surface area contributed by atoms with Crippen molar-refractivity contribution in [2.75, 3.05) is 5.73 Å². The molecular weight excluding hydrogens is 290 g/mol. The molecule has 2 aromatic heterocycles. The summed E-state index contributed by atoms with van der Waals surface area (Å²) in [5.74, 6) is 0. The number of benzene rings is 1. The van der Waals surface area contributed by atoms with Gasteiger partial charge in [0.2, 0.25) is 0 Å². The second kappa shape index (κ2) is 4.14. The summed E-state index contributed by atoms with van der Waals surface area (Å²) in [6.07, 6.45) is 2.02. The zero-order chi connectivity index (χ0) is 12.7. The van der Waals surface area contributed by atoms with Gasteiger partial charge in [-0.2, -0.15) is 0 Å². The van der Waals surface area contributed by atoms with Gasteiger partial charge in [-0.05, 0) is 31.2 Å². The zero-order valence-electron chi connectivity index (χ0n) is 9.89. The van der Waals surface area contributed by atoms with Crippen LogP contribution in [0.4, 0.5) is 5.69 Å². The minimum Gasteiger partial charge on any atom is -0.397 e. The lowest BCUT2D eigenvalue weighted by molar-refractivity contribution is 1.10. The molecule has 0 atom stereocenters. The smallest absolute Gasteiger partial charge is 0.137 e. The van der Waals surface area contributed by atoms with E-state index < -0.39 is 0 Å². The van der Waals surface area contributed by atoms with Gasteiger partial charge in [0.25, 0.3) is 0 Å². The number of anilines is 1. The van der Waals surface area contributed by atoms with E-state index in [9.17, 15) is 0 Å². The van der Waals surface area contributed by atoms with Crippen LogP contribution in [0.3, 0.4) is 0 Å². The van der Waals surface area contributed by atoms with Gasteiger partial charge in [-0.3, -0.25) is 0 Å². The number of imidazole rings is 1. The van der Waals surface area contributed by atoms with Gasteiger partial charge in [0.05, 0.1) is 11.4 Å². The second-order valence-electron chi connectivity index (χ2n) is 4.24. The zero-order valence-corrected chi connectivity index (χ0v) is 11.5. The Hall–Kier alpha value is -1.81. The number of nitrogens with two attached hydrogens (primary N) is 1. The molecule has 2 heterocycles. The van der Waals surface area contributed by atoms with Crippen LogP contribution in [-0.2, 0) is 0 Å². The molecule has 1 aromatic carbocycles. The highest BCUT2D eigenvalue weighted by atomic mass is 79.9. The number of halogens is 1. The maximum Gasteiger partial charge on any atom is 0.137 e. The van der Waals surface area contributed by atoms with Crippen LogP contribution < -0.4 is 5.73 Å². The van der Waals surface area contributed by atoms with Crippen molar-refractivity contribution in [2.45, 2.75) is 6.92 Å². The highest BCUT2D eigenvalue weighted by Crippen LogP contribution is 2.23. The average molecular weight is 302 g/mol. The van der Waals surface area contributed by atoms with Crippen molar-refractivity contribution in [2.24, 2.45) is 0 Å². The quantitative estimate of drug-likeness (QED) is 0.745. The molecular formula is C14H12BrN3. The Bertz CT molecular complexity index is 714. The standard InChI is InChI=1S/C14H12BrN3/c1-9-12(16)6-7-14-17-13(8-18(9)14)10-2-4-11(15)5-3-10/h2-8H,16H2,1H3. The first kappa shape index (κ1) is 11.3. The van der Waals surface area contributed by atoms with Crippen LogP contribution in [-0.4, -0.2) is 9.38 Å². The van der Waals surface area contributed by atoms with Gasteiger partial charge in [-0.1, -0.05) is 28.1 Å². The molecule has 3 aromatic rings. The van der Waals surface area contributed by atoms with Gasteiger partial charge in [-0.25, -0.2) is 4.98 Å². The van der Waals surface area contributed by atoms with Crippen LogP contribution in [0.15, 0.2) is 47.1 Å². The number of nitrogens with zero attached hydrogens (tertiary/aromatic N) is 2. The number of aromatic nitrogens is 2. The summed E-state index contributed by atoms with van der Waals surface area (Å²) in [7, 11) is 0. The van der Waals surface area contributed by atoms with Crippen LogP contribution in [0.25, 0.3) is 16.9 Å². The molecule has 0 unspecified atom stereocenters. The third-order valence-corrected chi connectivity index (χ3v) is 3.59. The van der Waals surface area contributed by atoms with E-state index in [1.54, 1.807) is 0 Å². The number of fused-ring (bicyclic) bond motifs is 1. The first-order chi connectivity index (χ1) is 8.65. The van der Waals surface area contributed by atoms with E-state index in [4.69, 9.17) is 5.73 Å². The third kappa shape index (κ3) is 1.78. The molecule has 0 aliphatic carbocycles. The monoisotopic (exact) mass is 301 g/mol. The Labute approximate surface area is 113 Å². The number of rotatable bonds is 1. The molecule has 3 rings (SSSR count). The van der Waals surface area contributed by atoms with Crippen molar-refractivity contribution in [1.82, 2.24) is 9.38 Å². The van der Waals surface area contributed by atoms with Crippen molar-refractivity contribution in [3.63, 3.8) is 0 Å². The van der Waals surface area contributed by atoms with E-state index in [0.717, 1.165) is 32.8 Å². The fourth-order valence-corrected chi connectivity index (χ4v) is 2.23. The first-order valence-electron chi connectivity index (χ1n) is 5.65. The molecule has 0 aliphatic rings. The highest BCUT2D eigenvalue weighted by Gasteiger charge is 2.07. The summed E-state index contributed by atoms with van der Waals surface area (Å²) in [5, 5.41) is 0. The van der Waals surface area contributed by atoms with Gasteiger partial charge in [-0.15, -0.1) is 0 Å². The summed E-state index contributed by atoms with van der Waals surface area (Å²) in [5.41, 5.74) is 10.7. The molecule has 0 bridgehead atoms. The fourth-order valence-electron chi connectivity index (χ4n) is 1.96. The van der Waals surface area contributed by atoms with E-state index in [1.807, 2.05) is 53.9 Å². The summed E-state index contributed by atoms with van der Waals surface area (Å²) in [6, 6.07) is 11.9. The SMILES string of the molecule is Cc1c(N)ccc2nc(-c3ccc(Br)cc3)cn12. The number of nitrogen functional groups attached to an aromatic ring is 1. The third-order valence-electron chi connectivity index (χ3n) is 3.06. The van der Waals surface area contributed by atoms with Crippen molar-refractivity contribution in [3.05, 3.63) is 52.8 Å². The average Bonchev–Trinajstić information content (AvgIpc) is 2.80. The molecule has 0 amide bonds. The maximum absolute atomic E-state index is 5.90. The molecule has 0 radical (unpaired) electrons. The Morgan fingerprint density at radius 3 is 2.56 bits per heavy atom.